The Morgan fingerprint density at radius 2 is 1.81 bits per heavy atom. The van der Waals surface area contributed by atoms with Crippen LogP contribution in [0.25, 0.3) is 0 Å². The maximum Gasteiger partial charge on any atom is 0.220 e. The number of hydrogen-bond donors (Lipinski definition) is 2. The second-order valence-corrected chi connectivity index (χ2v) is 6.62. The number of aliphatic imine (C=N–C) groups is 2. The number of nitrogens with two attached hydrogens (primary N) is 2. The maximum atomic E-state index is 6.04. The van der Waals surface area contributed by atoms with Gasteiger partial charge in [0.25, 0.3) is 0 Å². The highest BCUT2D eigenvalue weighted by atomic mass is 35.5. The van der Waals surface area contributed by atoms with E-state index in [0.29, 0.717) is 17.6 Å². The summed E-state index contributed by atoms with van der Waals surface area (Å²) in [5, 5.41) is 0.693. The monoisotopic (exact) mass is 393 g/mol. The summed E-state index contributed by atoms with van der Waals surface area (Å²) in [4.78, 5) is 10.2. The number of halogens is 2. The van der Waals surface area contributed by atoms with Crippen molar-refractivity contribution >= 4 is 41.6 Å². The van der Waals surface area contributed by atoms with Gasteiger partial charge in [-0.15, -0.1) is 12.4 Å². The third-order valence-electron chi connectivity index (χ3n) is 3.78. The van der Waals surface area contributed by atoms with Crippen LogP contribution in [0.15, 0.2) is 58.5 Å². The summed E-state index contributed by atoms with van der Waals surface area (Å²) >= 11 is 5.98. The molecule has 0 radical (unpaired) electrons. The Labute approximate surface area is 163 Å². The van der Waals surface area contributed by atoms with Crippen LogP contribution >= 0.6 is 24.0 Å². The molecular weight excluding hydrogens is 373 g/mol. The number of guanidine groups is 2. The van der Waals surface area contributed by atoms with Gasteiger partial charge in [0.2, 0.25) is 11.9 Å². The standard InChI is InChI=1S/C18H20ClN5O.ClH/c1-18(2)23-16(20)22-17(21)24(18)14-6-8-15(9-7-14)25-11-12-4-3-5-13(19)10-12;/h3-10H,11H2,1-2H3,(H4,20,21,22,23);1H. The summed E-state index contributed by atoms with van der Waals surface area (Å²) in [5.74, 6) is 1.24. The Morgan fingerprint density at radius 1 is 1.12 bits per heavy atom. The highest BCUT2D eigenvalue weighted by Crippen LogP contribution is 2.29. The van der Waals surface area contributed by atoms with Gasteiger partial charge in [-0.2, -0.15) is 4.99 Å². The predicted molar refractivity (Wildman–Crippen MR) is 109 cm³/mol. The Balaban J connectivity index is 0.00000243. The van der Waals surface area contributed by atoms with Crippen LogP contribution in [0.1, 0.15) is 19.4 Å². The molecule has 0 atom stereocenters. The fraction of sp³-hybridized carbons (Fsp3) is 0.222. The molecule has 0 saturated heterocycles. The number of anilines is 1. The minimum absolute atomic E-state index is 0. The average molecular weight is 394 g/mol. The molecule has 2 aromatic rings. The molecule has 0 saturated carbocycles. The molecule has 0 unspecified atom stereocenters. The van der Waals surface area contributed by atoms with E-state index in [1.54, 1.807) is 0 Å². The van der Waals surface area contributed by atoms with Gasteiger partial charge in [-0.25, -0.2) is 4.99 Å². The van der Waals surface area contributed by atoms with E-state index in [4.69, 9.17) is 27.8 Å². The van der Waals surface area contributed by atoms with E-state index >= 15 is 0 Å². The number of nitrogens with zero attached hydrogens (tertiary/aromatic N) is 3. The van der Waals surface area contributed by atoms with Crippen molar-refractivity contribution < 1.29 is 4.74 Å². The summed E-state index contributed by atoms with van der Waals surface area (Å²) in [6, 6.07) is 15.2. The van der Waals surface area contributed by atoms with Gasteiger partial charge in [-0.1, -0.05) is 23.7 Å². The molecule has 26 heavy (non-hydrogen) atoms. The minimum Gasteiger partial charge on any atom is -0.489 e. The zero-order chi connectivity index (χ0) is 18.0. The highest BCUT2D eigenvalue weighted by Gasteiger charge is 2.32. The van der Waals surface area contributed by atoms with Gasteiger partial charge in [0.15, 0.2) is 0 Å². The first kappa shape index (κ1) is 19.9. The van der Waals surface area contributed by atoms with E-state index in [0.717, 1.165) is 17.0 Å². The molecule has 8 heteroatoms. The quantitative estimate of drug-likeness (QED) is 0.830. The number of benzene rings is 2. The van der Waals surface area contributed by atoms with E-state index in [-0.39, 0.29) is 18.4 Å². The fourth-order valence-electron chi connectivity index (χ4n) is 2.74. The first-order chi connectivity index (χ1) is 11.8. The van der Waals surface area contributed by atoms with Gasteiger partial charge in [-0.3, -0.25) is 4.90 Å². The SMILES string of the molecule is CC1(C)N=C(N)N=C(N)N1c1ccc(OCc2cccc(Cl)c2)cc1.Cl. The molecule has 0 bridgehead atoms. The van der Waals surface area contributed by atoms with Gasteiger partial charge in [0, 0.05) is 10.7 Å². The van der Waals surface area contributed by atoms with Crippen LogP contribution in [0.4, 0.5) is 5.69 Å². The summed E-state index contributed by atoms with van der Waals surface area (Å²) in [7, 11) is 0. The lowest BCUT2D eigenvalue weighted by Crippen LogP contribution is -2.54. The van der Waals surface area contributed by atoms with Crippen molar-refractivity contribution in [2.45, 2.75) is 26.1 Å². The van der Waals surface area contributed by atoms with Gasteiger partial charge >= 0.3 is 0 Å². The first-order valence-corrected chi connectivity index (χ1v) is 8.20. The van der Waals surface area contributed by atoms with E-state index in [1.807, 2.05) is 67.3 Å². The van der Waals surface area contributed by atoms with Gasteiger partial charge < -0.3 is 16.2 Å². The van der Waals surface area contributed by atoms with Crippen LogP contribution in [-0.2, 0) is 6.61 Å². The summed E-state index contributed by atoms with van der Waals surface area (Å²) in [6.45, 7) is 4.29. The van der Waals surface area contributed by atoms with Gasteiger partial charge in [0.1, 0.15) is 18.0 Å². The van der Waals surface area contributed by atoms with Crippen LogP contribution in [0.5, 0.6) is 5.75 Å². The zero-order valence-electron chi connectivity index (χ0n) is 14.5. The lowest BCUT2D eigenvalue weighted by molar-refractivity contribution is 0.306. The third-order valence-corrected chi connectivity index (χ3v) is 4.02. The first-order valence-electron chi connectivity index (χ1n) is 7.82. The van der Waals surface area contributed by atoms with Crippen LogP contribution in [0.3, 0.4) is 0 Å². The van der Waals surface area contributed by atoms with E-state index in [2.05, 4.69) is 9.98 Å². The summed E-state index contributed by atoms with van der Waals surface area (Å²) < 4.78 is 5.80. The molecule has 0 spiro atoms. The van der Waals surface area contributed by atoms with Crippen LogP contribution in [0.2, 0.25) is 5.02 Å². The average Bonchev–Trinajstić information content (AvgIpc) is 2.52. The molecule has 138 valence electrons. The molecule has 1 heterocycles. The largest absolute Gasteiger partial charge is 0.489 e. The van der Waals surface area contributed by atoms with Crippen molar-refractivity contribution in [1.29, 1.82) is 0 Å². The lowest BCUT2D eigenvalue weighted by atomic mass is 10.1. The maximum absolute atomic E-state index is 6.04. The van der Waals surface area contributed by atoms with E-state index in [1.165, 1.54) is 0 Å². The van der Waals surface area contributed by atoms with Crippen molar-refractivity contribution in [3.05, 3.63) is 59.1 Å². The number of rotatable bonds is 4. The van der Waals surface area contributed by atoms with Crippen molar-refractivity contribution in [2.24, 2.45) is 21.5 Å². The predicted octanol–water partition coefficient (Wildman–Crippen LogP) is 3.53. The van der Waals surface area contributed by atoms with Gasteiger partial charge in [-0.05, 0) is 55.8 Å². The van der Waals surface area contributed by atoms with E-state index < -0.39 is 5.66 Å². The van der Waals surface area contributed by atoms with Crippen molar-refractivity contribution in [3.63, 3.8) is 0 Å². The minimum atomic E-state index is -0.612. The normalized spacial score (nSPS) is 15.6. The fourth-order valence-corrected chi connectivity index (χ4v) is 2.95. The Morgan fingerprint density at radius 3 is 2.42 bits per heavy atom. The molecule has 1 aliphatic rings. The molecular formula is C18H21Cl2N5O. The molecule has 6 nitrogen and oxygen atoms in total. The van der Waals surface area contributed by atoms with Crippen LogP contribution in [-0.4, -0.2) is 17.6 Å². The number of hydrogen-bond acceptors (Lipinski definition) is 6. The highest BCUT2D eigenvalue weighted by molar-refractivity contribution is 6.30. The lowest BCUT2D eigenvalue weighted by Gasteiger charge is -2.38. The summed E-state index contributed by atoms with van der Waals surface area (Å²) in [6.07, 6.45) is 0. The molecule has 0 fully saturated rings. The topological polar surface area (TPSA) is 89.2 Å². The summed E-state index contributed by atoms with van der Waals surface area (Å²) in [5.41, 5.74) is 13.0. The molecule has 0 aromatic heterocycles. The smallest absolute Gasteiger partial charge is 0.220 e. The second kappa shape index (κ2) is 7.85. The van der Waals surface area contributed by atoms with Crippen molar-refractivity contribution in [3.8, 4) is 5.75 Å². The van der Waals surface area contributed by atoms with Crippen molar-refractivity contribution in [1.82, 2.24) is 0 Å². The third kappa shape index (κ3) is 4.39. The number of ether oxygens (including phenoxy) is 1. The molecule has 3 rings (SSSR count). The Kier molecular flexibility index (Phi) is 6.00. The second-order valence-electron chi connectivity index (χ2n) is 6.18. The van der Waals surface area contributed by atoms with Gasteiger partial charge in [0.05, 0.1) is 0 Å². The van der Waals surface area contributed by atoms with E-state index in [9.17, 15) is 0 Å². The molecule has 0 amide bonds. The van der Waals surface area contributed by atoms with Crippen molar-refractivity contribution in [2.75, 3.05) is 4.90 Å². The van der Waals surface area contributed by atoms with Crippen LogP contribution in [0, 0.1) is 0 Å². The molecule has 0 aliphatic carbocycles. The Bertz CT molecular complexity index is 834. The Hall–Kier alpha value is -2.44. The van der Waals surface area contributed by atoms with Crippen LogP contribution < -0.4 is 21.1 Å². The zero-order valence-corrected chi connectivity index (χ0v) is 16.1. The molecule has 1 aliphatic heterocycles. The molecule has 2 aromatic carbocycles. The molecule has 4 N–H and O–H groups in total.